The molecule has 0 saturated carbocycles. The second kappa shape index (κ2) is 7.69. The summed E-state index contributed by atoms with van der Waals surface area (Å²) in [4.78, 5) is 27.4. The first-order chi connectivity index (χ1) is 13.6. The van der Waals surface area contributed by atoms with E-state index in [2.05, 4.69) is 0 Å². The van der Waals surface area contributed by atoms with Crippen LogP contribution < -0.4 is 4.90 Å². The van der Waals surface area contributed by atoms with Crippen molar-refractivity contribution in [2.75, 3.05) is 4.90 Å². The van der Waals surface area contributed by atoms with Crippen LogP contribution in [0.4, 0.5) is 10.5 Å². The van der Waals surface area contributed by atoms with Crippen LogP contribution in [0.15, 0.2) is 78.9 Å². The Morgan fingerprint density at radius 2 is 1.75 bits per heavy atom. The van der Waals surface area contributed by atoms with Gasteiger partial charge in [0.15, 0.2) is 5.78 Å². The molecule has 4 nitrogen and oxygen atoms in total. The molecule has 0 fully saturated rings. The highest BCUT2D eigenvalue weighted by atomic mass is 16.6. The average Bonchev–Trinajstić information content (AvgIpc) is 2.73. The summed E-state index contributed by atoms with van der Waals surface area (Å²) in [6.07, 6.45) is -0.212. The number of ether oxygens (including phenoxy) is 1. The number of nitrogens with zero attached hydrogens (tertiary/aromatic N) is 1. The molecule has 0 spiro atoms. The van der Waals surface area contributed by atoms with Crippen molar-refractivity contribution in [1.82, 2.24) is 0 Å². The Bertz CT molecular complexity index is 1010. The molecule has 1 aliphatic heterocycles. The van der Waals surface area contributed by atoms with Crippen molar-refractivity contribution in [3.63, 3.8) is 0 Å². The molecule has 0 radical (unpaired) electrons. The minimum Gasteiger partial charge on any atom is -0.444 e. The number of carbonyl (C=O) groups is 2. The Kier molecular flexibility index (Phi) is 4.94. The van der Waals surface area contributed by atoms with E-state index in [9.17, 15) is 9.59 Å². The van der Waals surface area contributed by atoms with Crippen LogP contribution >= 0.6 is 0 Å². The fourth-order valence-corrected chi connectivity index (χ4v) is 3.62. The lowest BCUT2D eigenvalue weighted by Gasteiger charge is -2.36. The monoisotopic (exact) mass is 371 g/mol. The topological polar surface area (TPSA) is 46.6 Å². The van der Waals surface area contributed by atoms with E-state index in [0.29, 0.717) is 11.3 Å². The molecule has 0 aromatic heterocycles. The number of para-hydroxylation sites is 1. The van der Waals surface area contributed by atoms with Crippen molar-refractivity contribution in [3.8, 4) is 0 Å². The zero-order valence-corrected chi connectivity index (χ0v) is 15.7. The molecular formula is C24H21NO3. The summed E-state index contributed by atoms with van der Waals surface area (Å²) in [6, 6.07) is 24.3. The molecule has 140 valence electrons. The van der Waals surface area contributed by atoms with Gasteiger partial charge in [0, 0.05) is 12.0 Å². The van der Waals surface area contributed by atoms with Gasteiger partial charge in [0.1, 0.15) is 6.61 Å². The number of benzene rings is 3. The molecular weight excluding hydrogens is 350 g/mol. The van der Waals surface area contributed by atoms with Crippen LogP contribution in [-0.2, 0) is 11.3 Å². The zero-order chi connectivity index (χ0) is 19.5. The third kappa shape index (κ3) is 3.54. The smallest absolute Gasteiger partial charge is 0.415 e. The summed E-state index contributed by atoms with van der Waals surface area (Å²) in [6.45, 7) is 2.19. The Labute approximate surface area is 164 Å². The standard InChI is InChI=1S/C24H21NO3/c1-17-8-7-11-19(14-17)22-15-23(26)20-12-5-6-13-21(20)25(22)24(27)28-16-18-9-3-2-4-10-18/h2-14,22H,15-16H2,1H3. The number of carbonyl (C=O) groups excluding carboxylic acids is 2. The highest BCUT2D eigenvalue weighted by molar-refractivity contribution is 6.08. The maximum absolute atomic E-state index is 13.1. The van der Waals surface area contributed by atoms with E-state index in [4.69, 9.17) is 4.74 Å². The van der Waals surface area contributed by atoms with Crippen molar-refractivity contribution in [1.29, 1.82) is 0 Å². The van der Waals surface area contributed by atoms with Gasteiger partial charge in [0.2, 0.25) is 0 Å². The summed E-state index contributed by atoms with van der Waals surface area (Å²) >= 11 is 0. The van der Waals surface area contributed by atoms with Crippen LogP contribution in [0.2, 0.25) is 0 Å². The lowest BCUT2D eigenvalue weighted by atomic mass is 9.90. The second-order valence-electron chi connectivity index (χ2n) is 6.98. The van der Waals surface area contributed by atoms with Crippen molar-refractivity contribution < 1.29 is 14.3 Å². The number of rotatable bonds is 3. The van der Waals surface area contributed by atoms with E-state index >= 15 is 0 Å². The highest BCUT2D eigenvalue weighted by Crippen LogP contribution is 2.39. The predicted molar refractivity (Wildman–Crippen MR) is 108 cm³/mol. The van der Waals surface area contributed by atoms with Crippen molar-refractivity contribution in [2.45, 2.75) is 26.0 Å². The van der Waals surface area contributed by atoms with Crippen LogP contribution in [0.5, 0.6) is 0 Å². The molecule has 4 rings (SSSR count). The molecule has 28 heavy (non-hydrogen) atoms. The molecule has 0 saturated heterocycles. The van der Waals surface area contributed by atoms with Gasteiger partial charge in [0.25, 0.3) is 0 Å². The third-order valence-electron chi connectivity index (χ3n) is 4.98. The predicted octanol–water partition coefficient (Wildman–Crippen LogP) is 5.47. The first-order valence-corrected chi connectivity index (χ1v) is 9.32. The molecule has 0 N–H and O–H groups in total. The van der Waals surface area contributed by atoms with Crippen LogP contribution in [-0.4, -0.2) is 11.9 Å². The van der Waals surface area contributed by atoms with Crippen molar-refractivity contribution >= 4 is 17.6 Å². The number of fused-ring (bicyclic) bond motifs is 1. The quantitative estimate of drug-likeness (QED) is 0.614. The van der Waals surface area contributed by atoms with Crippen molar-refractivity contribution in [3.05, 3.63) is 101 Å². The number of anilines is 1. The first-order valence-electron chi connectivity index (χ1n) is 9.32. The number of hydrogen-bond donors (Lipinski definition) is 0. The van der Waals surface area contributed by atoms with Gasteiger partial charge in [-0.2, -0.15) is 0 Å². The normalized spacial score (nSPS) is 15.8. The molecule has 3 aromatic carbocycles. The number of ketones is 1. The van der Waals surface area contributed by atoms with Gasteiger partial charge in [0.05, 0.1) is 11.7 Å². The summed E-state index contributed by atoms with van der Waals surface area (Å²) in [7, 11) is 0. The maximum Gasteiger partial charge on any atom is 0.415 e. The van der Waals surface area contributed by atoms with Crippen molar-refractivity contribution in [2.24, 2.45) is 0 Å². The molecule has 3 aromatic rings. The Morgan fingerprint density at radius 3 is 2.54 bits per heavy atom. The zero-order valence-electron chi connectivity index (χ0n) is 15.7. The second-order valence-corrected chi connectivity index (χ2v) is 6.98. The van der Waals surface area contributed by atoms with Gasteiger partial charge >= 0.3 is 6.09 Å². The minimum absolute atomic E-state index is 0.0363. The molecule has 1 unspecified atom stereocenters. The molecule has 1 amide bonds. The van der Waals surface area contributed by atoms with Crippen LogP contribution in [0.25, 0.3) is 0 Å². The van der Waals surface area contributed by atoms with E-state index in [1.165, 1.54) is 0 Å². The van der Waals surface area contributed by atoms with E-state index in [0.717, 1.165) is 16.7 Å². The third-order valence-corrected chi connectivity index (χ3v) is 4.98. The average molecular weight is 371 g/mol. The first kappa shape index (κ1) is 18.0. The fourth-order valence-electron chi connectivity index (χ4n) is 3.62. The molecule has 0 aliphatic carbocycles. The molecule has 1 atom stereocenters. The van der Waals surface area contributed by atoms with Crippen LogP contribution in [0.1, 0.15) is 39.5 Å². The summed E-state index contributed by atoms with van der Waals surface area (Å²) in [5.74, 6) is 0.0363. The number of aryl methyl sites for hydroxylation is 1. The lowest BCUT2D eigenvalue weighted by Crippen LogP contribution is -2.40. The molecule has 0 bridgehead atoms. The Morgan fingerprint density at radius 1 is 1.00 bits per heavy atom. The van der Waals surface area contributed by atoms with E-state index in [1.807, 2.05) is 73.7 Å². The van der Waals surface area contributed by atoms with E-state index in [1.54, 1.807) is 17.0 Å². The Balaban J connectivity index is 1.69. The lowest BCUT2D eigenvalue weighted by molar-refractivity contribution is 0.0961. The highest BCUT2D eigenvalue weighted by Gasteiger charge is 2.37. The van der Waals surface area contributed by atoms with Gasteiger partial charge in [-0.1, -0.05) is 72.3 Å². The van der Waals surface area contributed by atoms with Crippen LogP contribution in [0, 0.1) is 6.92 Å². The summed E-state index contributed by atoms with van der Waals surface area (Å²) in [5, 5.41) is 0. The molecule has 1 aliphatic rings. The van der Waals surface area contributed by atoms with E-state index in [-0.39, 0.29) is 24.9 Å². The van der Waals surface area contributed by atoms with Gasteiger partial charge < -0.3 is 4.74 Å². The van der Waals surface area contributed by atoms with Crippen LogP contribution in [0.3, 0.4) is 0 Å². The Hall–Kier alpha value is -3.40. The van der Waals surface area contributed by atoms with Gasteiger partial charge in [-0.05, 0) is 30.2 Å². The SMILES string of the molecule is Cc1cccc(C2CC(=O)c3ccccc3N2C(=O)OCc2ccccc2)c1. The van der Waals surface area contributed by atoms with Gasteiger partial charge in [-0.15, -0.1) is 0 Å². The summed E-state index contributed by atoms with van der Waals surface area (Å²) in [5.41, 5.74) is 4.09. The molecule has 4 heteroatoms. The number of Topliss-reactive ketones (excluding diaryl/α,β-unsaturated/α-hetero) is 1. The summed E-state index contributed by atoms with van der Waals surface area (Å²) < 4.78 is 5.62. The minimum atomic E-state index is -0.449. The van der Waals surface area contributed by atoms with Gasteiger partial charge in [-0.3, -0.25) is 9.69 Å². The van der Waals surface area contributed by atoms with E-state index < -0.39 is 6.09 Å². The number of amides is 1. The largest absolute Gasteiger partial charge is 0.444 e. The van der Waals surface area contributed by atoms with Gasteiger partial charge in [-0.25, -0.2) is 4.79 Å². The molecule has 1 heterocycles. The maximum atomic E-state index is 13.1. The fraction of sp³-hybridized carbons (Fsp3) is 0.167. The number of hydrogen-bond acceptors (Lipinski definition) is 3.